The molecule has 122 valence electrons. The van der Waals surface area contributed by atoms with E-state index in [1.54, 1.807) is 20.8 Å². The standard InChI is InChI=1S/C14H17F3N2O3/c1-13(2,3)22-12(20)19-7-9(8-19)21-11-6-4-5-10(18-11)14(15,16)17/h4-6,9H,7-8H2,1-3H3. The largest absolute Gasteiger partial charge is 0.471 e. The first kappa shape index (κ1) is 16.4. The summed E-state index contributed by atoms with van der Waals surface area (Å²) in [5.74, 6) is -0.108. The summed E-state index contributed by atoms with van der Waals surface area (Å²) in [5, 5.41) is 0. The fourth-order valence-corrected chi connectivity index (χ4v) is 1.80. The maximum absolute atomic E-state index is 12.5. The van der Waals surface area contributed by atoms with Crippen LogP contribution in [-0.4, -0.2) is 40.8 Å². The molecule has 1 saturated heterocycles. The third-order valence-electron chi connectivity index (χ3n) is 2.80. The van der Waals surface area contributed by atoms with Gasteiger partial charge in [0.25, 0.3) is 0 Å². The van der Waals surface area contributed by atoms with E-state index in [1.807, 2.05) is 0 Å². The minimum Gasteiger partial charge on any atom is -0.471 e. The van der Waals surface area contributed by atoms with E-state index in [0.29, 0.717) is 0 Å². The molecule has 2 rings (SSSR count). The Bertz CT molecular complexity index is 549. The molecule has 0 N–H and O–H groups in total. The number of nitrogens with zero attached hydrogens (tertiary/aromatic N) is 2. The minimum atomic E-state index is -4.51. The molecule has 2 heterocycles. The average Bonchev–Trinajstić information content (AvgIpc) is 2.30. The van der Waals surface area contributed by atoms with Gasteiger partial charge in [0.05, 0.1) is 13.1 Å². The Morgan fingerprint density at radius 3 is 2.45 bits per heavy atom. The Hall–Kier alpha value is -1.99. The molecular weight excluding hydrogens is 301 g/mol. The van der Waals surface area contributed by atoms with Crippen LogP contribution in [0.15, 0.2) is 18.2 Å². The Morgan fingerprint density at radius 1 is 1.27 bits per heavy atom. The number of ether oxygens (including phenoxy) is 2. The van der Waals surface area contributed by atoms with Gasteiger partial charge in [0.2, 0.25) is 5.88 Å². The zero-order chi connectivity index (χ0) is 16.5. The minimum absolute atomic E-state index is 0.108. The summed E-state index contributed by atoms with van der Waals surface area (Å²) in [4.78, 5) is 16.5. The van der Waals surface area contributed by atoms with Crippen LogP contribution in [0.3, 0.4) is 0 Å². The lowest BCUT2D eigenvalue weighted by atomic mass is 10.2. The predicted molar refractivity (Wildman–Crippen MR) is 71.5 cm³/mol. The van der Waals surface area contributed by atoms with Crippen LogP contribution in [-0.2, 0) is 10.9 Å². The summed E-state index contributed by atoms with van der Waals surface area (Å²) in [6, 6.07) is 3.46. The van der Waals surface area contributed by atoms with Crippen molar-refractivity contribution in [3.8, 4) is 5.88 Å². The highest BCUT2D eigenvalue weighted by Gasteiger charge is 2.36. The van der Waals surface area contributed by atoms with Gasteiger partial charge in [0.1, 0.15) is 17.4 Å². The van der Waals surface area contributed by atoms with Gasteiger partial charge in [-0.2, -0.15) is 13.2 Å². The molecule has 1 aromatic heterocycles. The van der Waals surface area contributed by atoms with Crippen LogP contribution in [0.25, 0.3) is 0 Å². The monoisotopic (exact) mass is 318 g/mol. The highest BCUT2D eigenvalue weighted by molar-refractivity contribution is 5.69. The zero-order valence-corrected chi connectivity index (χ0v) is 12.5. The highest BCUT2D eigenvalue weighted by atomic mass is 19.4. The van der Waals surface area contributed by atoms with Crippen molar-refractivity contribution in [3.63, 3.8) is 0 Å². The zero-order valence-electron chi connectivity index (χ0n) is 12.5. The molecule has 0 radical (unpaired) electrons. The van der Waals surface area contributed by atoms with E-state index >= 15 is 0 Å². The number of pyridine rings is 1. The van der Waals surface area contributed by atoms with Gasteiger partial charge in [-0.05, 0) is 26.8 Å². The van der Waals surface area contributed by atoms with Crippen LogP contribution in [0, 0.1) is 0 Å². The number of carbonyl (C=O) groups is 1. The van der Waals surface area contributed by atoms with Crippen LogP contribution in [0.2, 0.25) is 0 Å². The number of likely N-dealkylation sites (tertiary alicyclic amines) is 1. The fourth-order valence-electron chi connectivity index (χ4n) is 1.80. The molecule has 0 saturated carbocycles. The quantitative estimate of drug-likeness (QED) is 0.841. The van der Waals surface area contributed by atoms with E-state index in [1.165, 1.54) is 17.0 Å². The predicted octanol–water partition coefficient (Wildman–Crippen LogP) is 3.10. The molecule has 8 heteroatoms. The first-order valence-electron chi connectivity index (χ1n) is 6.73. The summed E-state index contributed by atoms with van der Waals surface area (Å²) in [6.45, 7) is 5.78. The molecule has 0 atom stereocenters. The molecule has 1 aromatic rings. The van der Waals surface area contributed by atoms with E-state index in [2.05, 4.69) is 4.98 Å². The molecule has 0 aliphatic carbocycles. The second-order valence-corrected chi connectivity index (χ2v) is 5.98. The van der Waals surface area contributed by atoms with Gasteiger partial charge in [-0.15, -0.1) is 0 Å². The maximum Gasteiger partial charge on any atom is 0.433 e. The normalized spacial score (nSPS) is 16.2. The molecule has 22 heavy (non-hydrogen) atoms. The van der Waals surface area contributed by atoms with Crippen LogP contribution in [0.5, 0.6) is 5.88 Å². The van der Waals surface area contributed by atoms with E-state index in [4.69, 9.17) is 9.47 Å². The van der Waals surface area contributed by atoms with Crippen molar-refractivity contribution in [2.75, 3.05) is 13.1 Å². The summed E-state index contributed by atoms with van der Waals surface area (Å²) < 4.78 is 48.1. The summed E-state index contributed by atoms with van der Waals surface area (Å²) in [5.41, 5.74) is -1.60. The molecule has 1 fully saturated rings. The number of aromatic nitrogens is 1. The van der Waals surface area contributed by atoms with Crippen molar-refractivity contribution in [1.29, 1.82) is 0 Å². The lowest BCUT2D eigenvalue weighted by molar-refractivity contribution is -0.141. The van der Waals surface area contributed by atoms with Crippen molar-refractivity contribution in [2.45, 2.75) is 38.7 Å². The number of hydrogen-bond donors (Lipinski definition) is 0. The van der Waals surface area contributed by atoms with Gasteiger partial charge in [0.15, 0.2) is 0 Å². The summed E-state index contributed by atoms with van der Waals surface area (Å²) in [7, 11) is 0. The number of alkyl halides is 3. The van der Waals surface area contributed by atoms with E-state index in [9.17, 15) is 18.0 Å². The Morgan fingerprint density at radius 2 is 1.91 bits per heavy atom. The Balaban J connectivity index is 1.87. The van der Waals surface area contributed by atoms with Crippen LogP contribution in [0.4, 0.5) is 18.0 Å². The van der Waals surface area contributed by atoms with Gasteiger partial charge in [-0.25, -0.2) is 9.78 Å². The van der Waals surface area contributed by atoms with Gasteiger partial charge in [-0.1, -0.05) is 6.07 Å². The molecule has 0 aromatic carbocycles. The number of halogens is 3. The van der Waals surface area contributed by atoms with Gasteiger partial charge in [0, 0.05) is 6.07 Å². The molecule has 1 aliphatic heterocycles. The Labute approximate surface area is 126 Å². The van der Waals surface area contributed by atoms with E-state index in [0.717, 1.165) is 6.07 Å². The van der Waals surface area contributed by atoms with Crippen molar-refractivity contribution in [3.05, 3.63) is 23.9 Å². The molecular formula is C14H17F3N2O3. The smallest absolute Gasteiger partial charge is 0.433 e. The first-order valence-corrected chi connectivity index (χ1v) is 6.73. The molecule has 0 spiro atoms. The van der Waals surface area contributed by atoms with Crippen LogP contribution < -0.4 is 4.74 Å². The summed E-state index contributed by atoms with van der Waals surface area (Å²) >= 11 is 0. The molecule has 5 nitrogen and oxygen atoms in total. The van der Waals surface area contributed by atoms with Crippen molar-refractivity contribution in [1.82, 2.24) is 9.88 Å². The van der Waals surface area contributed by atoms with Crippen LogP contribution in [0.1, 0.15) is 26.5 Å². The number of carbonyl (C=O) groups excluding carboxylic acids is 1. The fraction of sp³-hybridized carbons (Fsp3) is 0.571. The summed E-state index contributed by atoms with van der Waals surface area (Å²) in [6.07, 6.45) is -5.37. The average molecular weight is 318 g/mol. The second kappa shape index (κ2) is 5.66. The SMILES string of the molecule is CC(C)(C)OC(=O)N1CC(Oc2cccc(C(F)(F)F)n2)C1. The molecule has 0 bridgehead atoms. The molecule has 0 unspecified atom stereocenters. The Kier molecular flexibility index (Phi) is 4.21. The molecule has 1 aliphatic rings. The first-order chi connectivity index (χ1) is 10.0. The number of hydrogen-bond acceptors (Lipinski definition) is 4. The van der Waals surface area contributed by atoms with Gasteiger partial charge < -0.3 is 14.4 Å². The second-order valence-electron chi connectivity index (χ2n) is 5.98. The lowest BCUT2D eigenvalue weighted by Crippen LogP contribution is -2.57. The third kappa shape index (κ3) is 4.25. The number of amides is 1. The van der Waals surface area contributed by atoms with Crippen molar-refractivity contribution >= 4 is 6.09 Å². The topological polar surface area (TPSA) is 51.7 Å². The third-order valence-corrected chi connectivity index (χ3v) is 2.80. The highest BCUT2D eigenvalue weighted by Crippen LogP contribution is 2.29. The lowest BCUT2D eigenvalue weighted by Gasteiger charge is -2.39. The van der Waals surface area contributed by atoms with Crippen LogP contribution >= 0.6 is 0 Å². The van der Waals surface area contributed by atoms with E-state index in [-0.39, 0.29) is 25.1 Å². The van der Waals surface area contributed by atoms with Gasteiger partial charge >= 0.3 is 12.3 Å². The maximum atomic E-state index is 12.5. The number of rotatable bonds is 2. The van der Waals surface area contributed by atoms with Crippen molar-refractivity contribution < 1.29 is 27.4 Å². The van der Waals surface area contributed by atoms with E-state index < -0.39 is 23.6 Å². The van der Waals surface area contributed by atoms with Crippen molar-refractivity contribution in [2.24, 2.45) is 0 Å². The molecule has 1 amide bonds. The van der Waals surface area contributed by atoms with Gasteiger partial charge in [-0.3, -0.25) is 0 Å².